The molecule has 0 radical (unpaired) electrons. The molecule has 0 aliphatic rings. The van der Waals surface area contributed by atoms with Crippen molar-refractivity contribution in [1.82, 2.24) is 4.98 Å². The van der Waals surface area contributed by atoms with Crippen LogP contribution in [0.25, 0.3) is 0 Å². The summed E-state index contributed by atoms with van der Waals surface area (Å²) in [6.45, 7) is 0. The molecule has 0 atom stereocenters. The number of nitrogens with zero attached hydrogens (tertiary/aromatic N) is 2. The molecule has 166 valence electrons. The summed E-state index contributed by atoms with van der Waals surface area (Å²) in [7, 11) is -2.25. The summed E-state index contributed by atoms with van der Waals surface area (Å²) in [4.78, 5) is 16.6. The third kappa shape index (κ3) is 5.19. The van der Waals surface area contributed by atoms with E-state index in [-0.39, 0.29) is 10.8 Å². The first-order valence-electron chi connectivity index (χ1n) is 10.1. The van der Waals surface area contributed by atoms with Crippen molar-refractivity contribution in [3.63, 3.8) is 0 Å². The van der Waals surface area contributed by atoms with Crippen LogP contribution in [0.3, 0.4) is 0 Å². The molecule has 7 nitrogen and oxygen atoms in total. The van der Waals surface area contributed by atoms with E-state index in [1.807, 2.05) is 6.07 Å². The lowest BCUT2D eigenvalue weighted by molar-refractivity contribution is 0.102. The summed E-state index contributed by atoms with van der Waals surface area (Å²) >= 11 is 0. The SMILES string of the molecule is CN(c1ccccc1)S(=O)(=O)c1ccc(C(=O)Nc2ccc(Oc3ccncc3)cc2)cc1. The lowest BCUT2D eigenvalue weighted by Crippen LogP contribution is -2.26. The fraction of sp³-hybridized carbons (Fsp3) is 0.0400. The number of anilines is 2. The van der Waals surface area contributed by atoms with E-state index >= 15 is 0 Å². The molecule has 1 heterocycles. The lowest BCUT2D eigenvalue weighted by Gasteiger charge is -2.19. The summed E-state index contributed by atoms with van der Waals surface area (Å²) in [5.74, 6) is 0.934. The molecule has 1 aromatic heterocycles. The van der Waals surface area contributed by atoms with Crippen LogP contribution < -0.4 is 14.4 Å². The molecule has 1 N–H and O–H groups in total. The van der Waals surface area contributed by atoms with Crippen molar-refractivity contribution in [1.29, 1.82) is 0 Å². The molecular formula is C25H21N3O4S. The van der Waals surface area contributed by atoms with Gasteiger partial charge < -0.3 is 10.1 Å². The van der Waals surface area contributed by atoms with Gasteiger partial charge in [-0.1, -0.05) is 18.2 Å². The van der Waals surface area contributed by atoms with Crippen LogP contribution in [0.15, 0.2) is 108 Å². The number of amides is 1. The van der Waals surface area contributed by atoms with Gasteiger partial charge in [0.05, 0.1) is 10.6 Å². The number of nitrogens with one attached hydrogen (secondary N) is 1. The van der Waals surface area contributed by atoms with Gasteiger partial charge in [0.15, 0.2) is 0 Å². The van der Waals surface area contributed by atoms with E-state index in [0.29, 0.717) is 28.4 Å². The van der Waals surface area contributed by atoms with E-state index in [1.165, 1.54) is 35.6 Å². The van der Waals surface area contributed by atoms with Crippen molar-refractivity contribution < 1.29 is 17.9 Å². The van der Waals surface area contributed by atoms with Gasteiger partial charge in [-0.15, -0.1) is 0 Å². The molecule has 0 saturated carbocycles. The highest BCUT2D eigenvalue weighted by atomic mass is 32.2. The average Bonchev–Trinajstić information content (AvgIpc) is 2.86. The molecule has 4 aromatic rings. The molecule has 0 saturated heterocycles. The Labute approximate surface area is 192 Å². The Morgan fingerprint density at radius 2 is 1.42 bits per heavy atom. The lowest BCUT2D eigenvalue weighted by atomic mass is 10.2. The van der Waals surface area contributed by atoms with Crippen LogP contribution in [0.2, 0.25) is 0 Å². The van der Waals surface area contributed by atoms with Crippen LogP contribution in [0, 0.1) is 0 Å². The molecule has 3 aromatic carbocycles. The maximum Gasteiger partial charge on any atom is 0.264 e. The van der Waals surface area contributed by atoms with Crippen molar-refractivity contribution in [3.05, 3.63) is 109 Å². The first kappa shape index (κ1) is 22.0. The number of ether oxygens (including phenoxy) is 1. The maximum absolute atomic E-state index is 12.9. The highest BCUT2D eigenvalue weighted by Crippen LogP contribution is 2.24. The minimum atomic E-state index is -3.74. The fourth-order valence-corrected chi connectivity index (χ4v) is 4.26. The van der Waals surface area contributed by atoms with E-state index < -0.39 is 10.0 Å². The molecule has 0 unspecified atom stereocenters. The van der Waals surface area contributed by atoms with Crippen molar-refractivity contribution in [3.8, 4) is 11.5 Å². The average molecular weight is 460 g/mol. The quantitative estimate of drug-likeness (QED) is 0.422. The zero-order chi connectivity index (χ0) is 23.3. The number of pyridine rings is 1. The summed E-state index contributed by atoms with van der Waals surface area (Å²) < 4.78 is 32.7. The molecular weight excluding hydrogens is 438 g/mol. The number of carbonyl (C=O) groups excluding carboxylic acids is 1. The molecule has 1 amide bonds. The van der Waals surface area contributed by atoms with Gasteiger partial charge in [0, 0.05) is 30.7 Å². The minimum Gasteiger partial charge on any atom is -0.457 e. The van der Waals surface area contributed by atoms with Gasteiger partial charge >= 0.3 is 0 Å². The van der Waals surface area contributed by atoms with E-state index in [0.717, 1.165) is 0 Å². The van der Waals surface area contributed by atoms with Gasteiger partial charge in [-0.25, -0.2) is 8.42 Å². The predicted molar refractivity (Wildman–Crippen MR) is 127 cm³/mol. The number of sulfonamides is 1. The first-order chi connectivity index (χ1) is 15.9. The van der Waals surface area contributed by atoms with Crippen molar-refractivity contribution in [2.24, 2.45) is 0 Å². The van der Waals surface area contributed by atoms with Crippen molar-refractivity contribution >= 4 is 27.3 Å². The number of rotatable bonds is 7. The Morgan fingerprint density at radius 1 is 0.818 bits per heavy atom. The summed E-state index contributed by atoms with van der Waals surface area (Å²) in [5, 5.41) is 2.79. The Morgan fingerprint density at radius 3 is 2.06 bits per heavy atom. The van der Waals surface area contributed by atoms with E-state index in [4.69, 9.17) is 4.74 Å². The second kappa shape index (κ2) is 9.54. The number of carbonyl (C=O) groups is 1. The Kier molecular flexibility index (Phi) is 6.37. The molecule has 0 spiro atoms. The smallest absolute Gasteiger partial charge is 0.264 e. The topological polar surface area (TPSA) is 88.6 Å². The first-order valence-corrected chi connectivity index (χ1v) is 11.5. The normalized spacial score (nSPS) is 10.9. The molecule has 8 heteroatoms. The van der Waals surface area contributed by atoms with E-state index in [2.05, 4.69) is 10.3 Å². The Balaban J connectivity index is 1.42. The zero-order valence-electron chi connectivity index (χ0n) is 17.8. The largest absolute Gasteiger partial charge is 0.457 e. The predicted octanol–water partition coefficient (Wildman–Crippen LogP) is 4.95. The number of hydrogen-bond donors (Lipinski definition) is 1. The molecule has 0 fully saturated rings. The van der Waals surface area contributed by atoms with Crippen LogP contribution in [-0.4, -0.2) is 26.4 Å². The van der Waals surface area contributed by atoms with Gasteiger partial charge in [-0.3, -0.25) is 14.1 Å². The Hall–Kier alpha value is -4.17. The number of aromatic nitrogens is 1. The van der Waals surface area contributed by atoms with Gasteiger partial charge in [-0.2, -0.15) is 0 Å². The van der Waals surface area contributed by atoms with Crippen LogP contribution in [0.5, 0.6) is 11.5 Å². The maximum atomic E-state index is 12.9. The second-order valence-corrected chi connectivity index (χ2v) is 9.07. The molecule has 0 aliphatic heterocycles. The summed E-state index contributed by atoms with van der Waals surface area (Å²) in [6.07, 6.45) is 3.28. The zero-order valence-corrected chi connectivity index (χ0v) is 18.6. The standard InChI is InChI=1S/C25H21N3O4S/c1-28(21-5-3-2-4-6-21)33(30,31)24-13-7-19(8-14-24)25(29)27-20-9-11-22(12-10-20)32-23-15-17-26-18-16-23/h2-18H,1H3,(H,27,29). The molecule has 0 bridgehead atoms. The van der Waals surface area contributed by atoms with E-state index in [9.17, 15) is 13.2 Å². The van der Waals surface area contributed by atoms with Crippen molar-refractivity contribution in [2.75, 3.05) is 16.7 Å². The van der Waals surface area contributed by atoms with Crippen LogP contribution in [0.1, 0.15) is 10.4 Å². The number of hydrogen-bond acceptors (Lipinski definition) is 5. The van der Waals surface area contributed by atoms with Crippen molar-refractivity contribution in [2.45, 2.75) is 4.90 Å². The van der Waals surface area contributed by atoms with Crippen LogP contribution >= 0.6 is 0 Å². The molecule has 33 heavy (non-hydrogen) atoms. The fourth-order valence-electron chi connectivity index (χ4n) is 3.07. The number of benzene rings is 3. The van der Waals surface area contributed by atoms with Crippen LogP contribution in [-0.2, 0) is 10.0 Å². The third-order valence-electron chi connectivity index (χ3n) is 4.89. The monoisotopic (exact) mass is 459 g/mol. The van der Waals surface area contributed by atoms with Gasteiger partial charge in [-0.05, 0) is 72.8 Å². The van der Waals surface area contributed by atoms with Gasteiger partial charge in [0.2, 0.25) is 0 Å². The van der Waals surface area contributed by atoms with Gasteiger partial charge in [0.25, 0.3) is 15.9 Å². The van der Waals surface area contributed by atoms with Gasteiger partial charge in [0.1, 0.15) is 11.5 Å². The van der Waals surface area contributed by atoms with E-state index in [1.54, 1.807) is 73.1 Å². The highest BCUT2D eigenvalue weighted by Gasteiger charge is 2.21. The number of para-hydroxylation sites is 1. The van der Waals surface area contributed by atoms with Crippen LogP contribution in [0.4, 0.5) is 11.4 Å². The Bertz CT molecular complexity index is 1330. The second-order valence-electron chi connectivity index (χ2n) is 7.10. The summed E-state index contributed by atoms with van der Waals surface area (Å²) in [5.41, 5.74) is 1.48. The molecule has 0 aliphatic carbocycles. The highest BCUT2D eigenvalue weighted by molar-refractivity contribution is 7.92. The molecule has 4 rings (SSSR count). The minimum absolute atomic E-state index is 0.100. The summed E-state index contributed by atoms with van der Waals surface area (Å²) in [6, 6.07) is 25.0. The third-order valence-corrected chi connectivity index (χ3v) is 6.69.